The van der Waals surface area contributed by atoms with Crippen LogP contribution in [0, 0.1) is 12.3 Å². The van der Waals surface area contributed by atoms with Crippen LogP contribution in [0.1, 0.15) is 11.1 Å². The molecule has 5 nitrogen and oxygen atoms in total. The molecule has 9 heteroatoms. The van der Waals surface area contributed by atoms with Crippen molar-refractivity contribution in [3.63, 3.8) is 0 Å². The standard InChI is InChI=1S/C17H16F3N3O2S/c1-11-2-4-12(5-3-11)15(10-16(21)17(18,19)20)23-13-6-8-14(9-7-13)26(22,24)25/h2-10,21,23H,1H3,(H2,22,24,25)/b15-10-,21-16?. The highest BCUT2D eigenvalue weighted by atomic mass is 32.2. The Morgan fingerprint density at radius 3 is 2.08 bits per heavy atom. The summed E-state index contributed by atoms with van der Waals surface area (Å²) in [5, 5.41) is 15.0. The summed E-state index contributed by atoms with van der Waals surface area (Å²) < 4.78 is 60.7. The summed E-state index contributed by atoms with van der Waals surface area (Å²) >= 11 is 0. The molecular formula is C17H16F3N3O2S. The number of primary sulfonamides is 1. The van der Waals surface area contributed by atoms with Crippen molar-refractivity contribution in [2.45, 2.75) is 18.0 Å². The Hall–Kier alpha value is -2.65. The van der Waals surface area contributed by atoms with Gasteiger partial charge in [0.15, 0.2) is 0 Å². The lowest BCUT2D eigenvalue weighted by molar-refractivity contribution is -0.0583. The third-order valence-corrected chi connectivity index (χ3v) is 4.35. The Morgan fingerprint density at radius 1 is 1.08 bits per heavy atom. The van der Waals surface area contributed by atoms with Crippen LogP contribution in [-0.4, -0.2) is 20.3 Å². The first kappa shape index (κ1) is 19.7. The molecule has 0 bridgehead atoms. The minimum Gasteiger partial charge on any atom is -0.355 e. The van der Waals surface area contributed by atoms with Gasteiger partial charge in [-0.3, -0.25) is 5.41 Å². The summed E-state index contributed by atoms with van der Waals surface area (Å²) in [7, 11) is -3.87. The molecule has 0 fully saturated rings. The molecule has 0 radical (unpaired) electrons. The summed E-state index contributed by atoms with van der Waals surface area (Å²) in [6.07, 6.45) is -4.10. The number of allylic oxidation sites excluding steroid dienone is 1. The van der Waals surface area contributed by atoms with Crippen LogP contribution in [0.4, 0.5) is 18.9 Å². The molecule has 0 spiro atoms. The lowest BCUT2D eigenvalue weighted by atomic mass is 10.1. The Bertz CT molecular complexity index is 933. The van der Waals surface area contributed by atoms with E-state index in [1.54, 1.807) is 24.3 Å². The van der Waals surface area contributed by atoms with Crippen LogP contribution in [0.5, 0.6) is 0 Å². The monoisotopic (exact) mass is 383 g/mol. The quantitative estimate of drug-likeness (QED) is 0.687. The van der Waals surface area contributed by atoms with E-state index in [-0.39, 0.29) is 10.6 Å². The average Bonchev–Trinajstić information content (AvgIpc) is 2.53. The van der Waals surface area contributed by atoms with Crippen molar-refractivity contribution < 1.29 is 21.6 Å². The van der Waals surface area contributed by atoms with Gasteiger partial charge in [-0.15, -0.1) is 0 Å². The molecule has 0 aliphatic rings. The van der Waals surface area contributed by atoms with E-state index in [0.717, 1.165) is 5.56 Å². The maximum atomic E-state index is 12.7. The van der Waals surface area contributed by atoms with Crippen molar-refractivity contribution in [2.24, 2.45) is 5.14 Å². The number of hydrogen-bond acceptors (Lipinski definition) is 4. The highest BCUT2D eigenvalue weighted by Crippen LogP contribution is 2.24. The SMILES string of the molecule is Cc1ccc(/C(=C/C(=N)C(F)(F)F)Nc2ccc(S(N)(=O)=O)cc2)cc1. The normalized spacial score (nSPS) is 12.7. The average molecular weight is 383 g/mol. The molecule has 138 valence electrons. The van der Waals surface area contributed by atoms with Crippen molar-refractivity contribution in [2.75, 3.05) is 5.32 Å². The van der Waals surface area contributed by atoms with Crippen LogP contribution in [0.3, 0.4) is 0 Å². The number of alkyl halides is 3. The van der Waals surface area contributed by atoms with Crippen LogP contribution in [0.2, 0.25) is 0 Å². The highest BCUT2D eigenvalue weighted by Gasteiger charge is 2.33. The maximum absolute atomic E-state index is 12.7. The molecule has 2 aromatic rings. The minimum absolute atomic E-state index is 0.0516. The molecule has 2 rings (SSSR count). The van der Waals surface area contributed by atoms with Gasteiger partial charge in [0, 0.05) is 11.4 Å². The van der Waals surface area contributed by atoms with Crippen molar-refractivity contribution in [3.05, 3.63) is 65.7 Å². The van der Waals surface area contributed by atoms with Gasteiger partial charge in [0.2, 0.25) is 10.0 Å². The zero-order valence-corrected chi connectivity index (χ0v) is 14.4. The fourth-order valence-electron chi connectivity index (χ4n) is 2.03. The Labute approximate surface area is 148 Å². The second kappa shape index (κ2) is 7.30. The van der Waals surface area contributed by atoms with E-state index in [0.29, 0.717) is 17.3 Å². The first-order chi connectivity index (χ1) is 12.0. The van der Waals surface area contributed by atoms with Gasteiger partial charge in [-0.05, 0) is 42.8 Å². The fraction of sp³-hybridized carbons (Fsp3) is 0.118. The van der Waals surface area contributed by atoms with Gasteiger partial charge in [0.1, 0.15) is 5.71 Å². The zero-order chi connectivity index (χ0) is 19.5. The van der Waals surface area contributed by atoms with Crippen molar-refractivity contribution in [1.29, 1.82) is 5.41 Å². The Balaban J connectivity index is 2.40. The molecule has 2 aromatic carbocycles. The first-order valence-corrected chi connectivity index (χ1v) is 8.86. The molecule has 0 heterocycles. The van der Waals surface area contributed by atoms with E-state index < -0.39 is 21.9 Å². The Kier molecular flexibility index (Phi) is 5.53. The fourth-order valence-corrected chi connectivity index (χ4v) is 2.55. The molecule has 0 aromatic heterocycles. The lowest BCUT2D eigenvalue weighted by Gasteiger charge is -2.14. The molecule has 0 unspecified atom stereocenters. The largest absolute Gasteiger partial charge is 0.432 e. The van der Waals surface area contributed by atoms with Crippen LogP contribution in [0.15, 0.2) is 59.5 Å². The molecule has 0 saturated heterocycles. The topological polar surface area (TPSA) is 96.0 Å². The summed E-state index contributed by atoms with van der Waals surface area (Å²) in [6.45, 7) is 1.84. The maximum Gasteiger partial charge on any atom is 0.432 e. The predicted octanol–water partition coefficient (Wildman–Crippen LogP) is 3.68. The second-order valence-corrected chi connectivity index (χ2v) is 7.09. The molecule has 26 heavy (non-hydrogen) atoms. The number of anilines is 1. The summed E-state index contributed by atoms with van der Waals surface area (Å²) in [5.41, 5.74) is 0.258. The van der Waals surface area contributed by atoms with E-state index in [9.17, 15) is 21.6 Å². The third kappa shape index (κ3) is 5.17. The van der Waals surface area contributed by atoms with Crippen LogP contribution >= 0.6 is 0 Å². The van der Waals surface area contributed by atoms with Gasteiger partial charge in [0.25, 0.3) is 0 Å². The first-order valence-electron chi connectivity index (χ1n) is 7.31. The second-order valence-electron chi connectivity index (χ2n) is 5.53. The number of rotatable bonds is 5. The van der Waals surface area contributed by atoms with E-state index in [2.05, 4.69) is 5.32 Å². The van der Waals surface area contributed by atoms with Gasteiger partial charge < -0.3 is 5.32 Å². The van der Waals surface area contributed by atoms with Gasteiger partial charge in [-0.1, -0.05) is 29.8 Å². The summed E-state index contributed by atoms with van der Waals surface area (Å²) in [5.74, 6) is 0. The number of benzene rings is 2. The molecular weight excluding hydrogens is 367 g/mol. The van der Waals surface area contributed by atoms with E-state index in [1.807, 2.05) is 6.92 Å². The van der Waals surface area contributed by atoms with Gasteiger partial charge >= 0.3 is 6.18 Å². The number of aryl methyl sites for hydroxylation is 1. The van der Waals surface area contributed by atoms with Crippen molar-refractivity contribution in [3.8, 4) is 0 Å². The number of sulfonamides is 1. The molecule has 0 amide bonds. The Morgan fingerprint density at radius 2 is 1.62 bits per heavy atom. The number of nitrogens with one attached hydrogen (secondary N) is 2. The minimum atomic E-state index is -4.78. The summed E-state index contributed by atoms with van der Waals surface area (Å²) in [6, 6.07) is 11.9. The molecule has 0 aliphatic heterocycles. The van der Waals surface area contributed by atoms with Gasteiger partial charge in [-0.25, -0.2) is 13.6 Å². The van der Waals surface area contributed by atoms with Gasteiger partial charge in [0.05, 0.1) is 4.90 Å². The van der Waals surface area contributed by atoms with Crippen molar-refractivity contribution >= 4 is 27.1 Å². The summed E-state index contributed by atoms with van der Waals surface area (Å²) in [4.78, 5) is -0.119. The molecule has 0 saturated carbocycles. The molecule has 4 N–H and O–H groups in total. The lowest BCUT2D eigenvalue weighted by Crippen LogP contribution is -2.20. The van der Waals surface area contributed by atoms with Crippen LogP contribution in [-0.2, 0) is 10.0 Å². The van der Waals surface area contributed by atoms with Crippen LogP contribution < -0.4 is 10.5 Å². The van der Waals surface area contributed by atoms with Gasteiger partial charge in [-0.2, -0.15) is 13.2 Å². The number of nitrogens with two attached hydrogens (primary N) is 1. The number of halogens is 3. The van der Waals surface area contributed by atoms with E-state index in [4.69, 9.17) is 10.5 Å². The van der Waals surface area contributed by atoms with Crippen LogP contribution in [0.25, 0.3) is 5.70 Å². The number of hydrogen-bond donors (Lipinski definition) is 3. The van der Waals surface area contributed by atoms with E-state index >= 15 is 0 Å². The predicted molar refractivity (Wildman–Crippen MR) is 94.4 cm³/mol. The molecule has 0 atom stereocenters. The smallest absolute Gasteiger partial charge is 0.355 e. The zero-order valence-electron chi connectivity index (χ0n) is 13.6. The van der Waals surface area contributed by atoms with E-state index in [1.165, 1.54) is 24.3 Å². The third-order valence-electron chi connectivity index (χ3n) is 3.42. The highest BCUT2D eigenvalue weighted by molar-refractivity contribution is 7.89. The van der Waals surface area contributed by atoms with Crippen molar-refractivity contribution in [1.82, 2.24) is 0 Å². The molecule has 0 aliphatic carbocycles.